The third-order valence-corrected chi connectivity index (χ3v) is 6.35. The molecule has 39 heavy (non-hydrogen) atoms. The van der Waals surface area contributed by atoms with Crippen LogP contribution in [0.4, 0.5) is 5.95 Å². The van der Waals surface area contributed by atoms with Gasteiger partial charge in [0.1, 0.15) is 6.04 Å². The predicted molar refractivity (Wildman–Crippen MR) is 152 cm³/mol. The summed E-state index contributed by atoms with van der Waals surface area (Å²) in [5, 5.41) is 0. The van der Waals surface area contributed by atoms with Crippen LogP contribution in [0.2, 0.25) is 0 Å². The summed E-state index contributed by atoms with van der Waals surface area (Å²) in [5.74, 6) is -0.795. The van der Waals surface area contributed by atoms with Gasteiger partial charge in [0.15, 0.2) is 0 Å². The van der Waals surface area contributed by atoms with Crippen LogP contribution in [0, 0.1) is 0 Å². The van der Waals surface area contributed by atoms with Gasteiger partial charge in [-0.2, -0.15) is 0 Å². The Labute approximate surface area is 229 Å². The molecular formula is C30H36N4O5. The van der Waals surface area contributed by atoms with Crippen LogP contribution in [0.5, 0.6) is 0 Å². The first-order chi connectivity index (χ1) is 18.7. The number of ether oxygens (including phenoxy) is 2. The number of unbranched alkanes of at least 4 members (excludes halogenated alkanes) is 1. The Morgan fingerprint density at radius 1 is 1.08 bits per heavy atom. The number of carbonyl (C=O) groups excluding carboxylic acids is 2. The molecule has 3 rings (SSSR count). The van der Waals surface area contributed by atoms with Gasteiger partial charge in [-0.15, -0.1) is 0 Å². The molecule has 0 saturated carbocycles. The summed E-state index contributed by atoms with van der Waals surface area (Å²) >= 11 is 0. The topological polar surface area (TPSA) is 103 Å². The second kappa shape index (κ2) is 13.5. The van der Waals surface area contributed by atoms with Gasteiger partial charge in [0.2, 0.25) is 5.95 Å². The fourth-order valence-electron chi connectivity index (χ4n) is 4.24. The number of aromatic nitrogens is 2. The van der Waals surface area contributed by atoms with Crippen LogP contribution in [-0.2, 0) is 27.1 Å². The number of aliphatic imine (C=N–C) groups is 1. The molecule has 3 aromatic rings. The van der Waals surface area contributed by atoms with E-state index in [0.29, 0.717) is 29.7 Å². The van der Waals surface area contributed by atoms with Crippen molar-refractivity contribution < 1.29 is 19.1 Å². The number of hydrogen-bond donors (Lipinski definition) is 0. The number of methoxy groups -OCH3 is 2. The van der Waals surface area contributed by atoms with Crippen LogP contribution in [0.1, 0.15) is 59.9 Å². The molecule has 2 aromatic carbocycles. The number of esters is 2. The summed E-state index contributed by atoms with van der Waals surface area (Å²) in [4.78, 5) is 49.5. The minimum Gasteiger partial charge on any atom is -0.467 e. The zero-order valence-corrected chi connectivity index (χ0v) is 23.4. The number of benzene rings is 2. The van der Waals surface area contributed by atoms with E-state index in [1.807, 2.05) is 50.5 Å². The fraction of sp³-hybridized carbons (Fsp3) is 0.367. The van der Waals surface area contributed by atoms with Gasteiger partial charge < -0.3 is 14.4 Å². The fourth-order valence-corrected chi connectivity index (χ4v) is 4.24. The van der Waals surface area contributed by atoms with E-state index in [-0.39, 0.29) is 11.5 Å². The average molecular weight is 533 g/mol. The number of carbonyl (C=O) groups is 2. The molecule has 0 radical (unpaired) electrons. The van der Waals surface area contributed by atoms with Crippen LogP contribution in [0.15, 0.2) is 58.3 Å². The molecule has 1 atom stereocenters. The van der Waals surface area contributed by atoms with Crippen molar-refractivity contribution in [1.82, 2.24) is 14.5 Å². The number of aryl methyl sites for hydroxylation is 1. The molecule has 0 spiro atoms. The van der Waals surface area contributed by atoms with Crippen molar-refractivity contribution in [3.63, 3.8) is 0 Å². The molecule has 0 saturated heterocycles. The lowest BCUT2D eigenvalue weighted by molar-refractivity contribution is -0.144. The van der Waals surface area contributed by atoms with E-state index in [1.165, 1.54) is 18.8 Å². The zero-order valence-electron chi connectivity index (χ0n) is 23.4. The molecule has 0 bridgehead atoms. The van der Waals surface area contributed by atoms with Gasteiger partial charge in [-0.25, -0.2) is 19.6 Å². The Hall–Kier alpha value is -4.27. The monoisotopic (exact) mass is 532 g/mol. The first-order valence-electron chi connectivity index (χ1n) is 12.9. The van der Waals surface area contributed by atoms with E-state index in [4.69, 9.17) is 14.5 Å². The standard InChI is InChI=1S/C30H36N4O5/c1-7-8-13-26-25(27(35)34(20(2)28(36)38-5)30(32-26)31-19-33(3)4)18-21-14-16-22(17-15-21)23-11-9-10-12-24(23)29(37)39-6/h9-12,14-17,19-20H,7-8,13,18H2,1-6H3. The second-order valence-corrected chi connectivity index (χ2v) is 9.43. The predicted octanol–water partition coefficient (Wildman–Crippen LogP) is 4.59. The minimum absolute atomic E-state index is 0.163. The summed E-state index contributed by atoms with van der Waals surface area (Å²) in [6.07, 6.45) is 4.29. The molecular weight excluding hydrogens is 496 g/mol. The highest BCUT2D eigenvalue weighted by molar-refractivity contribution is 5.97. The van der Waals surface area contributed by atoms with E-state index >= 15 is 0 Å². The average Bonchev–Trinajstić information content (AvgIpc) is 2.95. The lowest BCUT2D eigenvalue weighted by atomic mass is 9.96. The van der Waals surface area contributed by atoms with E-state index in [2.05, 4.69) is 11.9 Å². The van der Waals surface area contributed by atoms with Crippen molar-refractivity contribution in [2.75, 3.05) is 28.3 Å². The molecule has 1 unspecified atom stereocenters. The van der Waals surface area contributed by atoms with E-state index < -0.39 is 18.0 Å². The number of hydrogen-bond acceptors (Lipinski definition) is 7. The molecule has 1 heterocycles. The van der Waals surface area contributed by atoms with Gasteiger partial charge in [0.05, 0.1) is 31.8 Å². The van der Waals surface area contributed by atoms with Crippen molar-refractivity contribution in [3.8, 4) is 11.1 Å². The summed E-state index contributed by atoms with van der Waals surface area (Å²) < 4.78 is 11.2. The van der Waals surface area contributed by atoms with Crippen LogP contribution < -0.4 is 5.56 Å². The largest absolute Gasteiger partial charge is 0.467 e. The second-order valence-electron chi connectivity index (χ2n) is 9.43. The summed E-state index contributed by atoms with van der Waals surface area (Å²) in [6, 6.07) is 14.1. The molecule has 0 amide bonds. The molecule has 0 fully saturated rings. The lowest BCUT2D eigenvalue weighted by Crippen LogP contribution is -2.33. The smallest absolute Gasteiger partial charge is 0.338 e. The maximum atomic E-state index is 13.9. The molecule has 0 aliphatic heterocycles. The van der Waals surface area contributed by atoms with Crippen LogP contribution in [0.3, 0.4) is 0 Å². The van der Waals surface area contributed by atoms with E-state index in [9.17, 15) is 14.4 Å². The van der Waals surface area contributed by atoms with E-state index in [1.54, 1.807) is 30.3 Å². The van der Waals surface area contributed by atoms with Crippen molar-refractivity contribution in [2.45, 2.75) is 45.6 Å². The van der Waals surface area contributed by atoms with Gasteiger partial charge in [-0.3, -0.25) is 9.36 Å². The molecule has 9 heteroatoms. The third kappa shape index (κ3) is 6.98. The summed E-state index contributed by atoms with van der Waals surface area (Å²) in [5.41, 5.74) is 3.86. The Balaban J connectivity index is 2.09. The van der Waals surface area contributed by atoms with Gasteiger partial charge >= 0.3 is 11.9 Å². The lowest BCUT2D eigenvalue weighted by Gasteiger charge is -2.19. The van der Waals surface area contributed by atoms with Gasteiger partial charge in [-0.05, 0) is 42.5 Å². The maximum absolute atomic E-state index is 13.9. The van der Waals surface area contributed by atoms with Crippen LogP contribution >= 0.6 is 0 Å². The zero-order chi connectivity index (χ0) is 28.5. The molecule has 1 aromatic heterocycles. The normalized spacial score (nSPS) is 11.8. The Bertz CT molecular complexity index is 1390. The maximum Gasteiger partial charge on any atom is 0.338 e. The molecule has 0 N–H and O–H groups in total. The highest BCUT2D eigenvalue weighted by Gasteiger charge is 2.25. The first kappa shape index (κ1) is 29.3. The van der Waals surface area contributed by atoms with Crippen molar-refractivity contribution in [2.24, 2.45) is 4.99 Å². The van der Waals surface area contributed by atoms with Gasteiger partial charge in [0, 0.05) is 26.1 Å². The number of nitrogens with zero attached hydrogens (tertiary/aromatic N) is 4. The molecule has 206 valence electrons. The van der Waals surface area contributed by atoms with Gasteiger partial charge in [-0.1, -0.05) is 55.8 Å². The SMILES string of the molecule is CCCCc1nc(N=CN(C)C)n(C(C)C(=O)OC)c(=O)c1Cc1ccc(-c2ccccc2C(=O)OC)cc1. The Kier molecular flexibility index (Phi) is 10.1. The Morgan fingerprint density at radius 3 is 2.38 bits per heavy atom. The van der Waals surface area contributed by atoms with E-state index in [0.717, 1.165) is 29.5 Å². The molecule has 0 aliphatic carbocycles. The van der Waals surface area contributed by atoms with Crippen LogP contribution in [0.25, 0.3) is 11.1 Å². The molecule has 9 nitrogen and oxygen atoms in total. The third-order valence-electron chi connectivity index (χ3n) is 6.35. The summed E-state index contributed by atoms with van der Waals surface area (Å²) in [6.45, 7) is 3.68. The van der Waals surface area contributed by atoms with Crippen LogP contribution in [-0.4, -0.2) is 61.0 Å². The van der Waals surface area contributed by atoms with Crippen molar-refractivity contribution in [1.29, 1.82) is 0 Å². The highest BCUT2D eigenvalue weighted by atomic mass is 16.5. The first-order valence-corrected chi connectivity index (χ1v) is 12.9. The Morgan fingerprint density at radius 2 is 1.77 bits per heavy atom. The quantitative estimate of drug-likeness (QED) is 0.202. The van der Waals surface area contributed by atoms with Crippen molar-refractivity contribution in [3.05, 3.63) is 81.3 Å². The minimum atomic E-state index is -0.902. The number of rotatable bonds is 11. The van der Waals surface area contributed by atoms with Crippen molar-refractivity contribution >= 4 is 24.2 Å². The summed E-state index contributed by atoms with van der Waals surface area (Å²) in [7, 11) is 6.28. The highest BCUT2D eigenvalue weighted by Crippen LogP contribution is 2.26. The van der Waals surface area contributed by atoms with Gasteiger partial charge in [0.25, 0.3) is 5.56 Å². The molecule has 0 aliphatic rings.